The lowest BCUT2D eigenvalue weighted by atomic mass is 9.73. The molecule has 1 aromatic rings. The van der Waals surface area contributed by atoms with Gasteiger partial charge < -0.3 is 15.3 Å². The molecule has 0 saturated carbocycles. The summed E-state index contributed by atoms with van der Waals surface area (Å²) in [6.45, 7) is 1.81. The molecule has 0 heterocycles. The second-order valence-corrected chi connectivity index (χ2v) is 3.93. The van der Waals surface area contributed by atoms with Gasteiger partial charge in [-0.2, -0.15) is 0 Å². The molecule has 2 rings (SSSR count). The Kier molecular flexibility index (Phi) is 2.11. The first-order valence-electron chi connectivity index (χ1n) is 4.78. The Labute approximate surface area is 91.0 Å². The van der Waals surface area contributed by atoms with E-state index < -0.39 is 17.7 Å². The smallest absolute Gasteiger partial charge is 0.339 e. The van der Waals surface area contributed by atoms with Crippen LogP contribution in [0.2, 0.25) is 0 Å². The van der Waals surface area contributed by atoms with Crippen molar-refractivity contribution in [2.24, 2.45) is 0 Å². The van der Waals surface area contributed by atoms with Crippen LogP contribution in [0.1, 0.15) is 44.7 Å². The third-order valence-corrected chi connectivity index (χ3v) is 2.90. The summed E-state index contributed by atoms with van der Waals surface area (Å²) in [5, 5.41) is 27.4. The van der Waals surface area contributed by atoms with Crippen LogP contribution in [-0.4, -0.2) is 27.3 Å². The van der Waals surface area contributed by atoms with Crippen molar-refractivity contribution in [1.82, 2.24) is 0 Å². The molecule has 5 heteroatoms. The van der Waals surface area contributed by atoms with Gasteiger partial charge in [-0.3, -0.25) is 0 Å². The summed E-state index contributed by atoms with van der Waals surface area (Å²) in [6, 6.07) is 1.01. The highest BCUT2D eigenvalue weighted by Gasteiger charge is 2.34. The molecule has 0 fully saturated rings. The van der Waals surface area contributed by atoms with E-state index in [0.717, 1.165) is 6.07 Å². The zero-order valence-corrected chi connectivity index (χ0v) is 8.52. The van der Waals surface area contributed by atoms with Crippen molar-refractivity contribution in [2.75, 3.05) is 0 Å². The fraction of sp³-hybridized carbons (Fsp3) is 0.273. The molecule has 1 atom stereocenters. The van der Waals surface area contributed by atoms with E-state index in [-0.39, 0.29) is 17.0 Å². The Morgan fingerprint density at radius 2 is 1.94 bits per heavy atom. The average molecular weight is 222 g/mol. The van der Waals surface area contributed by atoms with Crippen molar-refractivity contribution in [3.05, 3.63) is 28.3 Å². The minimum atomic E-state index is -1.22. The second kappa shape index (κ2) is 3.23. The van der Waals surface area contributed by atoms with Crippen molar-refractivity contribution >= 4 is 11.9 Å². The maximum atomic E-state index is 10.9. The van der Waals surface area contributed by atoms with Crippen LogP contribution >= 0.6 is 0 Å². The predicted molar refractivity (Wildman–Crippen MR) is 54.1 cm³/mol. The van der Waals surface area contributed by atoms with Crippen LogP contribution in [0, 0.1) is 0 Å². The molecule has 0 spiro atoms. The molecule has 0 aliphatic heterocycles. The van der Waals surface area contributed by atoms with E-state index in [0.29, 0.717) is 17.5 Å². The number of phenols is 1. The number of carboxylic acid groups (broad SMARTS) is 2. The summed E-state index contributed by atoms with van der Waals surface area (Å²) in [5.41, 5.74) is 0.800. The Morgan fingerprint density at radius 3 is 2.38 bits per heavy atom. The molecular weight excluding hydrogens is 212 g/mol. The molecule has 1 aromatic carbocycles. The first-order chi connectivity index (χ1) is 7.43. The van der Waals surface area contributed by atoms with Crippen molar-refractivity contribution < 1.29 is 24.9 Å². The number of carboxylic acids is 2. The quantitative estimate of drug-likeness (QED) is 0.703. The molecular formula is C11H10O5. The number of fused-ring (bicyclic) bond motifs is 1. The molecule has 0 amide bonds. The van der Waals surface area contributed by atoms with Crippen LogP contribution in [0.3, 0.4) is 0 Å². The number of aromatic carboxylic acids is 2. The molecule has 5 nitrogen and oxygen atoms in total. The lowest BCUT2D eigenvalue weighted by Gasteiger charge is -2.30. The number of hydrogen-bond acceptors (Lipinski definition) is 3. The van der Waals surface area contributed by atoms with E-state index >= 15 is 0 Å². The topological polar surface area (TPSA) is 94.8 Å². The molecule has 0 bridgehead atoms. The van der Waals surface area contributed by atoms with Crippen molar-refractivity contribution in [3.8, 4) is 5.75 Å². The normalized spacial score (nSPS) is 17.4. The van der Waals surface area contributed by atoms with Crippen molar-refractivity contribution in [2.45, 2.75) is 19.3 Å². The van der Waals surface area contributed by atoms with E-state index in [9.17, 15) is 14.7 Å². The molecule has 0 saturated heterocycles. The summed E-state index contributed by atoms with van der Waals surface area (Å²) in [6.07, 6.45) is 0.539. The second-order valence-electron chi connectivity index (χ2n) is 3.93. The molecule has 0 aromatic heterocycles. The number of hydrogen-bond donors (Lipinski definition) is 3. The fourth-order valence-corrected chi connectivity index (χ4v) is 2.19. The highest BCUT2D eigenvalue weighted by Crippen LogP contribution is 2.43. The maximum Gasteiger partial charge on any atom is 0.339 e. The first-order valence-corrected chi connectivity index (χ1v) is 4.78. The monoisotopic (exact) mass is 222 g/mol. The van der Waals surface area contributed by atoms with Gasteiger partial charge in [0.1, 0.15) is 11.3 Å². The minimum Gasteiger partial charge on any atom is -0.507 e. The molecule has 1 aliphatic rings. The minimum absolute atomic E-state index is 0.00407. The molecule has 3 N–H and O–H groups in total. The van der Waals surface area contributed by atoms with Gasteiger partial charge in [0, 0.05) is 0 Å². The predicted octanol–water partition coefficient (Wildman–Crippen LogP) is 1.45. The average Bonchev–Trinajstić information content (AvgIpc) is 2.17. The Bertz CT molecular complexity index is 504. The lowest BCUT2D eigenvalue weighted by Crippen LogP contribution is -2.23. The highest BCUT2D eigenvalue weighted by molar-refractivity contribution is 5.99. The van der Waals surface area contributed by atoms with E-state index in [1.165, 1.54) is 0 Å². The standard InChI is InChI=1S/C11H10O5/c1-4-2-5-6(10(13)14)3-7(12)9(8(4)5)11(15)16/h3-4,12H,2H2,1H3,(H,13,14)(H,15,16). The van der Waals surface area contributed by atoms with E-state index in [1.54, 1.807) is 6.92 Å². The number of rotatable bonds is 2. The van der Waals surface area contributed by atoms with E-state index in [2.05, 4.69) is 0 Å². The Balaban J connectivity index is 2.73. The molecule has 84 valence electrons. The molecule has 1 unspecified atom stereocenters. The zero-order chi connectivity index (χ0) is 12.0. The third kappa shape index (κ3) is 1.25. The van der Waals surface area contributed by atoms with Gasteiger partial charge in [0.15, 0.2) is 0 Å². The van der Waals surface area contributed by atoms with Crippen molar-refractivity contribution in [1.29, 1.82) is 0 Å². The summed E-state index contributed by atoms with van der Waals surface area (Å²) in [4.78, 5) is 21.8. The lowest BCUT2D eigenvalue weighted by molar-refractivity contribution is 0.0673. The first kappa shape index (κ1) is 10.5. The van der Waals surface area contributed by atoms with Crippen LogP contribution in [0.4, 0.5) is 0 Å². The SMILES string of the molecule is CC1Cc2c(C(=O)O)cc(O)c(C(=O)O)c21. The van der Waals surface area contributed by atoms with Crippen LogP contribution in [-0.2, 0) is 6.42 Å². The van der Waals surface area contributed by atoms with Gasteiger partial charge in [-0.15, -0.1) is 0 Å². The molecule has 0 radical (unpaired) electrons. The highest BCUT2D eigenvalue weighted by atomic mass is 16.4. The fourth-order valence-electron chi connectivity index (χ4n) is 2.19. The van der Waals surface area contributed by atoms with Gasteiger partial charge >= 0.3 is 11.9 Å². The summed E-state index contributed by atoms with van der Waals surface area (Å²) in [7, 11) is 0. The summed E-state index contributed by atoms with van der Waals surface area (Å²) in [5.74, 6) is -2.87. The van der Waals surface area contributed by atoms with Crippen LogP contribution in [0.5, 0.6) is 5.75 Å². The van der Waals surface area contributed by atoms with Crippen LogP contribution < -0.4 is 0 Å². The van der Waals surface area contributed by atoms with Gasteiger partial charge in [-0.25, -0.2) is 9.59 Å². The Hall–Kier alpha value is -2.04. The van der Waals surface area contributed by atoms with Gasteiger partial charge in [0.05, 0.1) is 5.56 Å². The summed E-state index contributed by atoms with van der Waals surface area (Å²) < 4.78 is 0. The number of benzene rings is 1. The van der Waals surface area contributed by atoms with Gasteiger partial charge in [-0.05, 0) is 29.5 Å². The Morgan fingerprint density at radius 1 is 1.31 bits per heavy atom. The summed E-state index contributed by atoms with van der Waals surface area (Å²) >= 11 is 0. The van der Waals surface area contributed by atoms with Crippen LogP contribution in [0.15, 0.2) is 6.07 Å². The van der Waals surface area contributed by atoms with E-state index in [4.69, 9.17) is 10.2 Å². The number of aromatic hydroxyl groups is 1. The number of carbonyl (C=O) groups is 2. The van der Waals surface area contributed by atoms with Gasteiger partial charge in [0.25, 0.3) is 0 Å². The molecule has 16 heavy (non-hydrogen) atoms. The largest absolute Gasteiger partial charge is 0.507 e. The van der Waals surface area contributed by atoms with Gasteiger partial charge in [0.2, 0.25) is 0 Å². The zero-order valence-electron chi connectivity index (χ0n) is 8.52. The third-order valence-electron chi connectivity index (χ3n) is 2.90. The van der Waals surface area contributed by atoms with Crippen molar-refractivity contribution in [3.63, 3.8) is 0 Å². The maximum absolute atomic E-state index is 10.9. The molecule has 1 aliphatic carbocycles. The van der Waals surface area contributed by atoms with Gasteiger partial charge in [-0.1, -0.05) is 6.92 Å². The van der Waals surface area contributed by atoms with E-state index in [1.807, 2.05) is 0 Å². The van der Waals surface area contributed by atoms with Crippen LogP contribution in [0.25, 0.3) is 0 Å².